The Labute approximate surface area is 119 Å². The van der Waals surface area contributed by atoms with Gasteiger partial charge in [0.05, 0.1) is 0 Å². The molecule has 1 aromatic rings. The maximum absolute atomic E-state index is 13.2. The first-order valence-electron chi connectivity index (χ1n) is 7.06. The molecule has 0 N–H and O–H groups in total. The van der Waals surface area contributed by atoms with Crippen LogP contribution in [0, 0.1) is 17.7 Å². The Balaban J connectivity index is 1.96. The zero-order valence-corrected chi connectivity index (χ0v) is 12.0. The molecule has 1 aromatic carbocycles. The molecular formula is C16H20ClFO. The number of hydrogen-bond acceptors (Lipinski definition) is 1. The fourth-order valence-corrected chi connectivity index (χ4v) is 3.09. The van der Waals surface area contributed by atoms with E-state index >= 15 is 0 Å². The van der Waals surface area contributed by atoms with E-state index in [4.69, 9.17) is 11.6 Å². The number of rotatable bonds is 4. The number of benzene rings is 1. The monoisotopic (exact) mass is 282 g/mol. The van der Waals surface area contributed by atoms with E-state index in [9.17, 15) is 9.18 Å². The summed E-state index contributed by atoms with van der Waals surface area (Å²) < 4.78 is 13.2. The number of carbonyl (C=O) groups is 1. The topological polar surface area (TPSA) is 17.1 Å². The minimum atomic E-state index is -0.332. The molecule has 1 aliphatic rings. The molecule has 0 radical (unpaired) electrons. The zero-order chi connectivity index (χ0) is 13.8. The Bertz CT molecular complexity index is 450. The number of ketones is 1. The van der Waals surface area contributed by atoms with Crippen molar-refractivity contribution in [2.45, 2.75) is 45.4 Å². The van der Waals surface area contributed by atoms with Crippen molar-refractivity contribution < 1.29 is 9.18 Å². The number of Topliss-reactive ketones (excluding diaryl/α,β-unsaturated/α-hetero) is 1. The molecular weight excluding hydrogens is 263 g/mol. The van der Waals surface area contributed by atoms with E-state index in [1.54, 1.807) is 0 Å². The first-order chi connectivity index (χ1) is 9.10. The summed E-state index contributed by atoms with van der Waals surface area (Å²) >= 11 is 6.01. The Morgan fingerprint density at radius 1 is 1.32 bits per heavy atom. The molecule has 0 unspecified atom stereocenters. The Morgan fingerprint density at radius 3 is 2.63 bits per heavy atom. The highest BCUT2D eigenvalue weighted by molar-refractivity contribution is 6.31. The molecule has 0 bridgehead atoms. The Morgan fingerprint density at radius 2 is 2.00 bits per heavy atom. The quantitative estimate of drug-likeness (QED) is 0.775. The van der Waals surface area contributed by atoms with Crippen LogP contribution in [0.2, 0.25) is 5.02 Å². The molecule has 0 heterocycles. The second-order valence-electron chi connectivity index (χ2n) is 5.50. The van der Waals surface area contributed by atoms with Crippen LogP contribution in [0.5, 0.6) is 0 Å². The number of hydrogen-bond donors (Lipinski definition) is 0. The van der Waals surface area contributed by atoms with Gasteiger partial charge < -0.3 is 0 Å². The van der Waals surface area contributed by atoms with Crippen molar-refractivity contribution in [1.82, 2.24) is 0 Å². The van der Waals surface area contributed by atoms with Gasteiger partial charge in [0.15, 0.2) is 0 Å². The van der Waals surface area contributed by atoms with Gasteiger partial charge in [0.1, 0.15) is 11.6 Å². The third kappa shape index (κ3) is 3.79. The van der Waals surface area contributed by atoms with Gasteiger partial charge in [-0.2, -0.15) is 0 Å². The van der Waals surface area contributed by atoms with E-state index in [0.29, 0.717) is 10.6 Å². The summed E-state index contributed by atoms with van der Waals surface area (Å²) in [5.74, 6) is 0.799. The van der Waals surface area contributed by atoms with E-state index in [1.165, 1.54) is 24.6 Å². The first-order valence-corrected chi connectivity index (χ1v) is 7.44. The molecule has 0 spiro atoms. The molecule has 1 nitrogen and oxygen atoms in total. The highest BCUT2D eigenvalue weighted by atomic mass is 35.5. The van der Waals surface area contributed by atoms with Crippen molar-refractivity contribution in [3.05, 3.63) is 34.6 Å². The largest absolute Gasteiger partial charge is 0.299 e. The molecule has 2 rings (SSSR count). The summed E-state index contributed by atoms with van der Waals surface area (Å²) in [6.45, 7) is 2.21. The second-order valence-corrected chi connectivity index (χ2v) is 5.91. The smallest absolute Gasteiger partial charge is 0.140 e. The predicted molar refractivity (Wildman–Crippen MR) is 75.9 cm³/mol. The zero-order valence-electron chi connectivity index (χ0n) is 11.3. The Kier molecular flexibility index (Phi) is 4.98. The van der Waals surface area contributed by atoms with E-state index in [1.807, 2.05) is 0 Å². The summed E-state index contributed by atoms with van der Waals surface area (Å²) in [5, 5.41) is 0.483. The van der Waals surface area contributed by atoms with Crippen LogP contribution in [0.15, 0.2) is 18.2 Å². The van der Waals surface area contributed by atoms with Crippen molar-refractivity contribution in [2.75, 3.05) is 0 Å². The molecule has 0 aliphatic heterocycles. The van der Waals surface area contributed by atoms with Gasteiger partial charge in [0, 0.05) is 17.4 Å². The van der Waals surface area contributed by atoms with Crippen molar-refractivity contribution in [3.8, 4) is 0 Å². The minimum Gasteiger partial charge on any atom is -0.299 e. The molecule has 19 heavy (non-hydrogen) atoms. The van der Waals surface area contributed by atoms with Gasteiger partial charge in [-0.25, -0.2) is 4.39 Å². The van der Waals surface area contributed by atoms with Crippen molar-refractivity contribution >= 4 is 17.4 Å². The maximum atomic E-state index is 13.2. The van der Waals surface area contributed by atoms with Gasteiger partial charge in [-0.1, -0.05) is 24.9 Å². The minimum absolute atomic E-state index is 0.141. The fraction of sp³-hybridized carbons (Fsp3) is 0.562. The maximum Gasteiger partial charge on any atom is 0.140 e. The predicted octanol–water partition coefficient (Wildman–Crippen LogP) is 4.81. The first kappa shape index (κ1) is 14.5. The van der Waals surface area contributed by atoms with Crippen LogP contribution in [0.4, 0.5) is 4.39 Å². The third-order valence-corrected chi connectivity index (χ3v) is 4.62. The van der Waals surface area contributed by atoms with Gasteiger partial charge in [0.25, 0.3) is 0 Å². The summed E-state index contributed by atoms with van der Waals surface area (Å²) in [5.41, 5.74) is 0.615. The molecule has 1 saturated carbocycles. The molecule has 0 atom stereocenters. The molecule has 0 saturated heterocycles. The average Bonchev–Trinajstić information content (AvgIpc) is 2.43. The summed E-state index contributed by atoms with van der Waals surface area (Å²) in [7, 11) is 0. The van der Waals surface area contributed by atoms with E-state index in [0.717, 1.165) is 31.6 Å². The van der Waals surface area contributed by atoms with Crippen LogP contribution in [0.3, 0.4) is 0 Å². The summed E-state index contributed by atoms with van der Waals surface area (Å²) in [4.78, 5) is 12.2. The lowest BCUT2D eigenvalue weighted by atomic mass is 9.78. The van der Waals surface area contributed by atoms with Crippen molar-refractivity contribution in [1.29, 1.82) is 0 Å². The van der Waals surface area contributed by atoms with Gasteiger partial charge in [-0.3, -0.25) is 4.79 Å². The molecule has 1 aliphatic carbocycles. The molecule has 104 valence electrons. The third-order valence-electron chi connectivity index (χ3n) is 4.25. The highest BCUT2D eigenvalue weighted by Gasteiger charge is 2.25. The van der Waals surface area contributed by atoms with Crippen LogP contribution >= 0.6 is 11.6 Å². The van der Waals surface area contributed by atoms with Gasteiger partial charge in [-0.05, 0) is 55.4 Å². The van der Waals surface area contributed by atoms with Crippen molar-refractivity contribution in [3.63, 3.8) is 0 Å². The highest BCUT2D eigenvalue weighted by Crippen LogP contribution is 2.32. The lowest BCUT2D eigenvalue weighted by molar-refractivity contribution is -0.123. The normalized spacial score (nSPS) is 23.3. The lowest BCUT2D eigenvalue weighted by Gasteiger charge is -2.26. The summed E-state index contributed by atoms with van der Waals surface area (Å²) in [6.07, 6.45) is 5.71. The number of carbonyl (C=O) groups excluding carboxylic acids is 1. The van der Waals surface area contributed by atoms with Gasteiger partial charge >= 0.3 is 0 Å². The van der Waals surface area contributed by atoms with Crippen LogP contribution < -0.4 is 0 Å². The van der Waals surface area contributed by atoms with Crippen LogP contribution in [0.1, 0.15) is 44.6 Å². The van der Waals surface area contributed by atoms with Crippen molar-refractivity contribution in [2.24, 2.45) is 11.8 Å². The summed E-state index contributed by atoms with van der Waals surface area (Å²) in [6, 6.07) is 4.22. The fourth-order valence-electron chi connectivity index (χ4n) is 2.90. The lowest BCUT2D eigenvalue weighted by Crippen LogP contribution is -2.23. The molecule has 3 heteroatoms. The second kappa shape index (κ2) is 6.51. The molecule has 0 aromatic heterocycles. The van der Waals surface area contributed by atoms with Gasteiger partial charge in [0.2, 0.25) is 0 Å². The van der Waals surface area contributed by atoms with Crippen LogP contribution in [-0.2, 0) is 11.2 Å². The van der Waals surface area contributed by atoms with E-state index in [2.05, 4.69) is 6.92 Å². The van der Waals surface area contributed by atoms with E-state index in [-0.39, 0.29) is 23.9 Å². The van der Waals surface area contributed by atoms with E-state index < -0.39 is 0 Å². The standard InChI is InChI=1S/C16H20ClFO/c1-2-11-3-5-12(6-4-11)16(19)10-13-9-14(18)7-8-15(13)17/h7-9,11-12H,2-6,10H2,1H3. The average molecular weight is 283 g/mol. The number of halogens is 2. The van der Waals surface area contributed by atoms with Crippen LogP contribution in [0.25, 0.3) is 0 Å². The van der Waals surface area contributed by atoms with Gasteiger partial charge in [-0.15, -0.1) is 0 Å². The Hall–Kier alpha value is -0.890. The van der Waals surface area contributed by atoms with Crippen LogP contribution in [-0.4, -0.2) is 5.78 Å². The molecule has 1 fully saturated rings. The molecule has 0 amide bonds. The SMILES string of the molecule is CCC1CCC(C(=O)Cc2cc(F)ccc2Cl)CC1.